The summed E-state index contributed by atoms with van der Waals surface area (Å²) < 4.78 is 5.83. The molecule has 4 rings (SSSR count). The van der Waals surface area contributed by atoms with Crippen LogP contribution in [0.2, 0.25) is 0 Å². The molecule has 5 atom stereocenters. The van der Waals surface area contributed by atoms with Crippen molar-refractivity contribution in [3.8, 4) is 0 Å². The lowest BCUT2D eigenvalue weighted by Gasteiger charge is -2.46. The van der Waals surface area contributed by atoms with Crippen LogP contribution in [-0.2, 0) is 9.53 Å². The fourth-order valence-corrected chi connectivity index (χ4v) is 5.50. The largest absolute Gasteiger partial charge is 0.461 e. The van der Waals surface area contributed by atoms with Crippen LogP contribution in [0.5, 0.6) is 0 Å². The molecule has 0 aromatic rings. The number of hydrogen-bond donors (Lipinski definition) is 0. The second kappa shape index (κ2) is 5.36. The molecular weight excluding hydrogens is 274 g/mol. The van der Waals surface area contributed by atoms with E-state index in [9.17, 15) is 4.79 Å². The maximum absolute atomic E-state index is 12.4. The average Bonchev–Trinajstić information content (AvgIpc) is 3.06. The summed E-state index contributed by atoms with van der Waals surface area (Å²) in [6.07, 6.45) is 10.1. The average molecular weight is 303 g/mol. The Morgan fingerprint density at radius 2 is 2.09 bits per heavy atom. The predicted molar refractivity (Wildman–Crippen MR) is 86.4 cm³/mol. The van der Waals surface area contributed by atoms with E-state index in [-0.39, 0.29) is 23.4 Å². The number of nitrogens with zero attached hydrogens (tertiary/aromatic N) is 1. The van der Waals surface area contributed by atoms with Crippen LogP contribution in [0, 0.1) is 23.2 Å². The van der Waals surface area contributed by atoms with Crippen molar-refractivity contribution in [3.63, 3.8) is 0 Å². The van der Waals surface area contributed by atoms with E-state index in [1.807, 2.05) is 0 Å². The summed E-state index contributed by atoms with van der Waals surface area (Å²) in [5, 5.41) is 0. The molecule has 0 radical (unpaired) electrons. The van der Waals surface area contributed by atoms with Gasteiger partial charge in [-0.3, -0.25) is 4.79 Å². The van der Waals surface area contributed by atoms with Gasteiger partial charge in [-0.1, -0.05) is 31.9 Å². The molecule has 4 aliphatic rings. The summed E-state index contributed by atoms with van der Waals surface area (Å²) in [7, 11) is 0. The maximum Gasteiger partial charge on any atom is 0.311 e. The summed E-state index contributed by atoms with van der Waals surface area (Å²) in [6, 6.07) is 0. The van der Waals surface area contributed by atoms with E-state index in [0.29, 0.717) is 11.8 Å². The van der Waals surface area contributed by atoms with Gasteiger partial charge in [0.25, 0.3) is 0 Å². The first kappa shape index (κ1) is 14.7. The van der Waals surface area contributed by atoms with Gasteiger partial charge in [-0.25, -0.2) is 0 Å². The summed E-state index contributed by atoms with van der Waals surface area (Å²) in [5.74, 6) is 1.16. The van der Waals surface area contributed by atoms with Gasteiger partial charge in [0, 0.05) is 12.5 Å². The lowest BCUT2D eigenvalue weighted by Crippen LogP contribution is -2.40. The molecule has 5 unspecified atom stereocenters. The molecule has 3 heteroatoms. The Hall–Kier alpha value is -0.830. The van der Waals surface area contributed by atoms with Crippen molar-refractivity contribution in [2.75, 3.05) is 19.6 Å². The van der Waals surface area contributed by atoms with Gasteiger partial charge in [-0.2, -0.15) is 0 Å². The fraction of sp³-hybridized carbons (Fsp3) is 0.842. The number of hydrogen-bond acceptors (Lipinski definition) is 3. The van der Waals surface area contributed by atoms with Crippen LogP contribution in [-0.4, -0.2) is 36.6 Å². The van der Waals surface area contributed by atoms with Crippen molar-refractivity contribution in [1.29, 1.82) is 0 Å². The second-order valence-electron chi connectivity index (χ2n) is 8.35. The highest BCUT2D eigenvalue weighted by Crippen LogP contribution is 2.54. The Balaban J connectivity index is 1.59. The van der Waals surface area contributed by atoms with Crippen LogP contribution >= 0.6 is 0 Å². The van der Waals surface area contributed by atoms with E-state index >= 15 is 0 Å². The molecule has 2 heterocycles. The standard InChI is InChI=1S/C19H29NO2/c1-13-6-5-7-19(2)11-17-14(10-16(13)19)15(18(21)22-17)12-20-8-3-4-9-20/h10,13-15,17H,3-9,11-12H2,1-2H3. The Morgan fingerprint density at radius 1 is 1.32 bits per heavy atom. The monoisotopic (exact) mass is 303 g/mol. The number of esters is 1. The number of allylic oxidation sites excluding steroid dienone is 1. The molecule has 2 aliphatic carbocycles. The molecule has 0 N–H and O–H groups in total. The molecule has 122 valence electrons. The summed E-state index contributed by atoms with van der Waals surface area (Å²) in [4.78, 5) is 14.9. The molecule has 0 spiro atoms. The van der Waals surface area contributed by atoms with Crippen LogP contribution in [0.15, 0.2) is 11.6 Å². The number of fused-ring (bicyclic) bond motifs is 2. The van der Waals surface area contributed by atoms with Crippen molar-refractivity contribution < 1.29 is 9.53 Å². The lowest BCUT2D eigenvalue weighted by atomic mass is 9.59. The van der Waals surface area contributed by atoms with Crippen molar-refractivity contribution in [2.45, 2.75) is 58.5 Å². The predicted octanol–water partition coefficient (Wildman–Crippen LogP) is 3.40. The molecule has 0 amide bonds. The summed E-state index contributed by atoms with van der Waals surface area (Å²) in [6.45, 7) is 8.00. The van der Waals surface area contributed by atoms with Crippen LogP contribution in [0.4, 0.5) is 0 Å². The zero-order valence-electron chi connectivity index (χ0n) is 14.0. The first-order valence-corrected chi connectivity index (χ1v) is 9.22. The highest BCUT2D eigenvalue weighted by molar-refractivity contribution is 5.76. The van der Waals surface area contributed by atoms with Gasteiger partial charge in [-0.15, -0.1) is 0 Å². The Kier molecular flexibility index (Phi) is 3.60. The SMILES string of the molecule is CC1CCCC2(C)CC3OC(=O)C(CN4CCCC4)C3C=C12. The number of carbonyl (C=O) groups excluding carboxylic acids is 1. The zero-order valence-corrected chi connectivity index (χ0v) is 14.0. The van der Waals surface area contributed by atoms with Crippen LogP contribution in [0.1, 0.15) is 52.4 Å². The van der Waals surface area contributed by atoms with Gasteiger partial charge in [0.1, 0.15) is 6.10 Å². The highest BCUT2D eigenvalue weighted by Gasteiger charge is 2.51. The molecule has 1 saturated carbocycles. The van der Waals surface area contributed by atoms with Crippen LogP contribution in [0.3, 0.4) is 0 Å². The van der Waals surface area contributed by atoms with Gasteiger partial charge in [-0.05, 0) is 56.5 Å². The highest BCUT2D eigenvalue weighted by atomic mass is 16.6. The molecule has 2 aliphatic heterocycles. The minimum atomic E-state index is 0.0636. The maximum atomic E-state index is 12.4. The second-order valence-corrected chi connectivity index (χ2v) is 8.35. The Labute approximate surface area is 134 Å². The van der Waals surface area contributed by atoms with Crippen molar-refractivity contribution >= 4 is 5.97 Å². The fourth-order valence-electron chi connectivity index (χ4n) is 5.50. The smallest absolute Gasteiger partial charge is 0.311 e. The minimum absolute atomic E-state index is 0.0636. The first-order chi connectivity index (χ1) is 10.6. The quantitative estimate of drug-likeness (QED) is 0.578. The summed E-state index contributed by atoms with van der Waals surface area (Å²) >= 11 is 0. The molecule has 3 fully saturated rings. The number of ether oxygens (including phenoxy) is 1. The lowest BCUT2D eigenvalue weighted by molar-refractivity contribution is -0.145. The number of rotatable bonds is 2. The third-order valence-electron chi connectivity index (χ3n) is 6.74. The molecule has 0 aromatic heterocycles. The molecule has 0 aromatic carbocycles. The van der Waals surface area contributed by atoms with Crippen molar-refractivity contribution in [1.82, 2.24) is 4.90 Å². The van der Waals surface area contributed by atoms with Gasteiger partial charge >= 0.3 is 5.97 Å². The van der Waals surface area contributed by atoms with E-state index in [4.69, 9.17) is 4.74 Å². The van der Waals surface area contributed by atoms with Crippen molar-refractivity contribution in [3.05, 3.63) is 11.6 Å². The van der Waals surface area contributed by atoms with E-state index in [2.05, 4.69) is 24.8 Å². The van der Waals surface area contributed by atoms with E-state index in [1.54, 1.807) is 5.57 Å². The van der Waals surface area contributed by atoms with E-state index < -0.39 is 0 Å². The Bertz CT molecular complexity index is 494. The van der Waals surface area contributed by atoms with E-state index in [1.165, 1.54) is 32.1 Å². The zero-order chi connectivity index (χ0) is 15.3. The van der Waals surface area contributed by atoms with Gasteiger partial charge in [0.05, 0.1) is 5.92 Å². The van der Waals surface area contributed by atoms with E-state index in [0.717, 1.165) is 26.1 Å². The van der Waals surface area contributed by atoms with Gasteiger partial charge in [0.2, 0.25) is 0 Å². The normalized spacial score (nSPS) is 45.2. The third kappa shape index (κ3) is 2.33. The third-order valence-corrected chi connectivity index (χ3v) is 6.74. The topological polar surface area (TPSA) is 29.5 Å². The molecular formula is C19H29NO2. The molecule has 3 nitrogen and oxygen atoms in total. The van der Waals surface area contributed by atoms with Gasteiger partial charge < -0.3 is 9.64 Å². The van der Waals surface area contributed by atoms with Crippen LogP contribution in [0.25, 0.3) is 0 Å². The number of likely N-dealkylation sites (tertiary alicyclic amines) is 1. The molecule has 22 heavy (non-hydrogen) atoms. The minimum Gasteiger partial charge on any atom is -0.461 e. The number of carbonyl (C=O) groups is 1. The Morgan fingerprint density at radius 3 is 2.86 bits per heavy atom. The van der Waals surface area contributed by atoms with Gasteiger partial charge in [0.15, 0.2) is 0 Å². The van der Waals surface area contributed by atoms with Crippen LogP contribution < -0.4 is 0 Å². The summed E-state index contributed by atoms with van der Waals surface area (Å²) in [5.41, 5.74) is 1.91. The molecule has 0 bridgehead atoms. The first-order valence-electron chi connectivity index (χ1n) is 9.22. The van der Waals surface area contributed by atoms with Crippen molar-refractivity contribution in [2.24, 2.45) is 23.2 Å². The molecule has 2 saturated heterocycles.